The fourth-order valence-electron chi connectivity index (χ4n) is 3.86. The van der Waals surface area contributed by atoms with Gasteiger partial charge >= 0.3 is 6.18 Å². The van der Waals surface area contributed by atoms with Crippen LogP contribution in [0, 0.1) is 0 Å². The molecule has 2 aromatic carbocycles. The van der Waals surface area contributed by atoms with E-state index in [0.29, 0.717) is 22.6 Å². The van der Waals surface area contributed by atoms with Crippen LogP contribution >= 0.6 is 11.6 Å². The number of aliphatic hydroxyl groups is 1. The Labute approximate surface area is 198 Å². The molecule has 7 nitrogen and oxygen atoms in total. The van der Waals surface area contributed by atoms with Crippen LogP contribution in [0.15, 0.2) is 48.5 Å². The molecule has 11 heteroatoms. The van der Waals surface area contributed by atoms with Gasteiger partial charge in [-0.2, -0.15) is 18.3 Å². The van der Waals surface area contributed by atoms with Crippen molar-refractivity contribution < 1.29 is 27.8 Å². The van der Waals surface area contributed by atoms with Gasteiger partial charge in [0.05, 0.1) is 19.3 Å². The van der Waals surface area contributed by atoms with Gasteiger partial charge in [0.15, 0.2) is 11.7 Å². The lowest BCUT2D eigenvalue weighted by molar-refractivity contribution is -0.173. The Morgan fingerprint density at radius 2 is 2.00 bits per heavy atom. The molecule has 0 bridgehead atoms. The molecule has 0 unspecified atom stereocenters. The Kier molecular flexibility index (Phi) is 6.46. The van der Waals surface area contributed by atoms with Crippen molar-refractivity contribution in [3.63, 3.8) is 0 Å². The van der Waals surface area contributed by atoms with E-state index in [-0.39, 0.29) is 23.0 Å². The fourth-order valence-corrected chi connectivity index (χ4v) is 4.12. The van der Waals surface area contributed by atoms with Crippen molar-refractivity contribution in [3.8, 4) is 5.75 Å². The second-order valence-electron chi connectivity index (χ2n) is 7.97. The number of hydrogen-bond acceptors (Lipinski definition) is 5. The molecule has 0 radical (unpaired) electrons. The zero-order chi connectivity index (χ0) is 24.6. The number of nitrogens with zero attached hydrogens (tertiary/aromatic N) is 2. The third kappa shape index (κ3) is 4.69. The summed E-state index contributed by atoms with van der Waals surface area (Å²) < 4.78 is 47.7. The van der Waals surface area contributed by atoms with E-state index in [1.807, 2.05) is 0 Å². The number of aromatic nitrogens is 2. The predicted octanol–water partition coefficient (Wildman–Crippen LogP) is 5.51. The SMILES string of the molecule is COc1ccc([C@@H]2C[C@H](C(F)(F)F)n3nc(C(=O)Nc4cccc([C@H](C)O)c4)c(Cl)c3N2)cc1. The number of amides is 1. The van der Waals surface area contributed by atoms with Gasteiger partial charge in [0.2, 0.25) is 0 Å². The number of alkyl halides is 3. The molecule has 34 heavy (non-hydrogen) atoms. The number of carbonyl (C=O) groups excluding carboxylic acids is 1. The van der Waals surface area contributed by atoms with Crippen LogP contribution in [0.3, 0.4) is 0 Å². The first-order valence-electron chi connectivity index (χ1n) is 10.4. The molecule has 1 aromatic heterocycles. The minimum Gasteiger partial charge on any atom is -0.497 e. The minimum absolute atomic E-state index is 0.0843. The van der Waals surface area contributed by atoms with E-state index in [4.69, 9.17) is 16.3 Å². The average molecular weight is 495 g/mol. The maximum Gasteiger partial charge on any atom is 0.410 e. The lowest BCUT2D eigenvalue weighted by atomic mass is 9.97. The molecule has 0 saturated heterocycles. The molecule has 0 aliphatic carbocycles. The first-order valence-corrected chi connectivity index (χ1v) is 10.8. The summed E-state index contributed by atoms with van der Waals surface area (Å²) in [5.74, 6) is -0.272. The van der Waals surface area contributed by atoms with Gasteiger partial charge < -0.3 is 20.5 Å². The van der Waals surface area contributed by atoms with Gasteiger partial charge in [-0.1, -0.05) is 35.9 Å². The van der Waals surface area contributed by atoms with E-state index >= 15 is 0 Å². The summed E-state index contributed by atoms with van der Waals surface area (Å²) in [5.41, 5.74) is 1.19. The molecular formula is C23H22ClF3N4O3. The minimum atomic E-state index is -4.61. The van der Waals surface area contributed by atoms with Crippen molar-refractivity contribution in [1.29, 1.82) is 0 Å². The summed E-state index contributed by atoms with van der Waals surface area (Å²) in [4.78, 5) is 12.9. The zero-order valence-electron chi connectivity index (χ0n) is 18.2. The number of hydrogen-bond donors (Lipinski definition) is 3. The highest BCUT2D eigenvalue weighted by molar-refractivity contribution is 6.36. The number of rotatable bonds is 5. The Balaban J connectivity index is 1.66. The number of ether oxygens (including phenoxy) is 1. The molecule has 1 amide bonds. The number of aliphatic hydroxyl groups excluding tert-OH is 1. The van der Waals surface area contributed by atoms with Crippen LogP contribution < -0.4 is 15.4 Å². The second-order valence-corrected chi connectivity index (χ2v) is 8.35. The first-order chi connectivity index (χ1) is 16.1. The highest BCUT2D eigenvalue weighted by atomic mass is 35.5. The van der Waals surface area contributed by atoms with Gasteiger partial charge in [0.1, 0.15) is 16.6 Å². The first kappa shape index (κ1) is 23.9. The average Bonchev–Trinajstić information content (AvgIpc) is 3.14. The topological polar surface area (TPSA) is 88.4 Å². The van der Waals surface area contributed by atoms with Gasteiger partial charge in [-0.15, -0.1) is 0 Å². The molecule has 1 aliphatic heterocycles. The Morgan fingerprint density at radius 1 is 1.29 bits per heavy atom. The summed E-state index contributed by atoms with van der Waals surface area (Å²) in [6, 6.07) is 10.4. The molecule has 0 fully saturated rings. The maximum atomic E-state index is 14.0. The van der Waals surface area contributed by atoms with E-state index in [2.05, 4.69) is 15.7 Å². The molecule has 1 aliphatic rings. The second kappa shape index (κ2) is 9.19. The lowest BCUT2D eigenvalue weighted by Crippen LogP contribution is -2.35. The van der Waals surface area contributed by atoms with Gasteiger partial charge in [-0.3, -0.25) is 4.79 Å². The Morgan fingerprint density at radius 3 is 2.62 bits per heavy atom. The number of methoxy groups -OCH3 is 1. The van der Waals surface area contributed by atoms with Crippen molar-refractivity contribution in [2.45, 2.75) is 37.7 Å². The van der Waals surface area contributed by atoms with Gasteiger partial charge in [0.25, 0.3) is 5.91 Å². The van der Waals surface area contributed by atoms with E-state index in [9.17, 15) is 23.1 Å². The van der Waals surface area contributed by atoms with E-state index in [0.717, 1.165) is 4.68 Å². The predicted molar refractivity (Wildman–Crippen MR) is 121 cm³/mol. The van der Waals surface area contributed by atoms with Crippen molar-refractivity contribution in [1.82, 2.24) is 9.78 Å². The molecule has 0 saturated carbocycles. The van der Waals surface area contributed by atoms with Crippen molar-refractivity contribution in [2.24, 2.45) is 0 Å². The van der Waals surface area contributed by atoms with Crippen LogP contribution in [0.2, 0.25) is 5.02 Å². The van der Waals surface area contributed by atoms with Crippen molar-refractivity contribution >= 4 is 29.0 Å². The normalized spacial score (nSPS) is 18.6. The monoisotopic (exact) mass is 494 g/mol. The molecule has 2 heterocycles. The molecule has 180 valence electrons. The lowest BCUT2D eigenvalue weighted by Gasteiger charge is -2.33. The van der Waals surface area contributed by atoms with Crippen molar-refractivity contribution in [3.05, 3.63) is 70.4 Å². The molecular weight excluding hydrogens is 473 g/mol. The number of nitrogens with one attached hydrogen (secondary N) is 2. The summed E-state index contributed by atoms with van der Waals surface area (Å²) in [7, 11) is 1.50. The van der Waals surface area contributed by atoms with Crippen LogP contribution in [-0.4, -0.2) is 34.1 Å². The number of carbonyl (C=O) groups is 1. The standard InChI is InChI=1S/C23H22ClF3N4O3/c1-12(32)14-4-3-5-15(10-14)28-22(33)20-19(24)21-29-17(13-6-8-16(34-2)9-7-13)11-18(23(25,26)27)31(21)30-20/h3-10,12,17-18,29,32H,11H2,1-2H3,(H,28,33)/t12-,17-,18+/m0/s1. The van der Waals surface area contributed by atoms with Crippen LogP contribution in [0.4, 0.5) is 24.7 Å². The molecule has 3 aromatic rings. The fraction of sp³-hybridized carbons (Fsp3) is 0.304. The van der Waals surface area contributed by atoms with Crippen LogP contribution in [0.5, 0.6) is 5.75 Å². The summed E-state index contributed by atoms with van der Waals surface area (Å²) >= 11 is 6.37. The molecule has 4 rings (SSSR count). The Hall–Kier alpha value is -3.24. The molecule has 0 spiro atoms. The number of benzene rings is 2. The van der Waals surface area contributed by atoms with Gasteiger partial charge in [-0.25, -0.2) is 4.68 Å². The van der Waals surface area contributed by atoms with Crippen LogP contribution in [0.1, 0.15) is 53.1 Å². The van der Waals surface area contributed by atoms with Gasteiger partial charge in [0, 0.05) is 12.1 Å². The van der Waals surface area contributed by atoms with E-state index in [1.165, 1.54) is 7.11 Å². The van der Waals surface area contributed by atoms with E-state index in [1.54, 1.807) is 55.5 Å². The number of halogens is 4. The molecule has 3 atom stereocenters. The summed E-state index contributed by atoms with van der Waals surface area (Å²) in [6.45, 7) is 1.57. The largest absolute Gasteiger partial charge is 0.497 e. The Bertz CT molecular complexity index is 1200. The van der Waals surface area contributed by atoms with Crippen LogP contribution in [-0.2, 0) is 0 Å². The zero-order valence-corrected chi connectivity index (χ0v) is 19.0. The number of fused-ring (bicyclic) bond motifs is 1. The third-order valence-corrected chi connectivity index (χ3v) is 6.01. The van der Waals surface area contributed by atoms with Crippen LogP contribution in [0.25, 0.3) is 0 Å². The smallest absolute Gasteiger partial charge is 0.410 e. The highest BCUT2D eigenvalue weighted by Crippen LogP contribution is 2.46. The summed E-state index contributed by atoms with van der Waals surface area (Å²) in [5, 5.41) is 19.0. The quantitative estimate of drug-likeness (QED) is 0.435. The molecule has 3 N–H and O–H groups in total. The number of anilines is 2. The highest BCUT2D eigenvalue weighted by Gasteiger charge is 2.47. The van der Waals surface area contributed by atoms with Gasteiger partial charge in [-0.05, 0) is 42.3 Å². The summed E-state index contributed by atoms with van der Waals surface area (Å²) in [6.07, 6.45) is -5.71. The third-order valence-electron chi connectivity index (χ3n) is 5.66. The maximum absolute atomic E-state index is 14.0. The van der Waals surface area contributed by atoms with E-state index < -0.39 is 30.3 Å². The van der Waals surface area contributed by atoms with Crippen molar-refractivity contribution in [2.75, 3.05) is 17.7 Å².